The van der Waals surface area contributed by atoms with Crippen LogP contribution in [0.25, 0.3) is 28.4 Å². The van der Waals surface area contributed by atoms with Crippen LogP contribution in [0.2, 0.25) is 0 Å². The van der Waals surface area contributed by atoms with Crippen molar-refractivity contribution >= 4 is 23.2 Å². The fourth-order valence-corrected chi connectivity index (χ4v) is 3.34. The van der Waals surface area contributed by atoms with Crippen molar-refractivity contribution in [1.82, 2.24) is 28.9 Å². The Morgan fingerprint density at radius 3 is 2.63 bits per heavy atom. The molecule has 0 aliphatic carbocycles. The molecule has 1 aliphatic rings. The van der Waals surface area contributed by atoms with Crippen molar-refractivity contribution in [3.05, 3.63) is 55.3 Å². The van der Waals surface area contributed by atoms with Gasteiger partial charge in [0.1, 0.15) is 5.65 Å². The lowest BCUT2D eigenvalue weighted by atomic mass is 10.1. The number of nitrogen functional groups attached to an aromatic ring is 1. The van der Waals surface area contributed by atoms with Gasteiger partial charge >= 0.3 is 0 Å². The second kappa shape index (κ2) is 7.20. The summed E-state index contributed by atoms with van der Waals surface area (Å²) >= 11 is 0. The first-order chi connectivity index (χ1) is 13.2. The van der Waals surface area contributed by atoms with Crippen LogP contribution >= 0.6 is 0 Å². The molecule has 5 rings (SSSR count). The molecule has 7 heteroatoms. The van der Waals surface area contributed by atoms with Gasteiger partial charge in [0, 0.05) is 23.5 Å². The van der Waals surface area contributed by atoms with E-state index < -0.39 is 0 Å². The summed E-state index contributed by atoms with van der Waals surface area (Å²) in [5.41, 5.74) is 10.4. The van der Waals surface area contributed by atoms with Crippen molar-refractivity contribution in [3.8, 4) is 11.1 Å². The maximum absolute atomic E-state index is 5.60. The zero-order chi connectivity index (χ0) is 18.8. The maximum Gasteiger partial charge on any atom is 0.238 e. The topological polar surface area (TPSA) is 76.7 Å². The van der Waals surface area contributed by atoms with Gasteiger partial charge in [0.05, 0.1) is 23.6 Å². The van der Waals surface area contributed by atoms with Gasteiger partial charge in [-0.15, -0.1) is 5.10 Å². The van der Waals surface area contributed by atoms with E-state index in [-0.39, 0.29) is 5.95 Å². The molecule has 0 spiro atoms. The number of pyridine rings is 1. The van der Waals surface area contributed by atoms with Crippen LogP contribution in [0.4, 0.5) is 5.95 Å². The fourth-order valence-electron chi connectivity index (χ4n) is 3.34. The number of aromatic nitrogens is 5. The minimum Gasteiger partial charge on any atom is -0.367 e. The molecule has 27 heavy (non-hydrogen) atoms. The Morgan fingerprint density at radius 1 is 1.11 bits per heavy atom. The lowest BCUT2D eigenvalue weighted by molar-refractivity contribution is 0.418. The highest BCUT2D eigenvalue weighted by Crippen LogP contribution is 2.26. The first-order valence-electron chi connectivity index (χ1n) is 9.04. The molecule has 0 amide bonds. The molecule has 0 saturated carbocycles. The average molecular weight is 361 g/mol. The highest BCUT2D eigenvalue weighted by atomic mass is 15.3. The number of anilines is 1. The second-order valence-corrected chi connectivity index (χ2v) is 6.72. The summed E-state index contributed by atoms with van der Waals surface area (Å²) in [6, 6.07) is 6.00. The summed E-state index contributed by atoms with van der Waals surface area (Å²) in [5.74, 6) is 0.253. The Bertz CT molecular complexity index is 1090. The van der Waals surface area contributed by atoms with Crippen LogP contribution in [0.1, 0.15) is 18.5 Å². The monoisotopic (exact) mass is 361 g/mol. The number of hydrogen-bond donors (Lipinski definition) is 1. The highest BCUT2D eigenvalue weighted by molar-refractivity contribution is 5.80. The quantitative estimate of drug-likeness (QED) is 0.594. The Morgan fingerprint density at radius 2 is 1.93 bits per heavy atom. The van der Waals surface area contributed by atoms with E-state index in [2.05, 4.69) is 33.6 Å². The van der Waals surface area contributed by atoms with Crippen molar-refractivity contribution in [2.24, 2.45) is 0 Å². The largest absolute Gasteiger partial charge is 0.367 e. The normalized spacial score (nSPS) is 14.4. The third kappa shape index (κ3) is 3.41. The van der Waals surface area contributed by atoms with Gasteiger partial charge in [-0.2, -0.15) is 0 Å². The number of fused-ring (bicyclic) bond motifs is 2. The van der Waals surface area contributed by atoms with E-state index in [0.717, 1.165) is 28.0 Å². The van der Waals surface area contributed by atoms with E-state index in [9.17, 15) is 0 Å². The molecule has 0 bridgehead atoms. The first kappa shape index (κ1) is 17.2. The molecule has 0 aromatic carbocycles. The zero-order valence-electron chi connectivity index (χ0n) is 15.4. The second-order valence-electron chi connectivity index (χ2n) is 6.72. The van der Waals surface area contributed by atoms with Crippen molar-refractivity contribution in [1.29, 1.82) is 0 Å². The SMILES string of the molecule is C=Cc1cnc2ccc(-c3ccn4nc(N)ncc34)cn12.CN1CCCC1. The van der Waals surface area contributed by atoms with Gasteiger partial charge in [0.2, 0.25) is 5.95 Å². The highest BCUT2D eigenvalue weighted by Gasteiger charge is 2.09. The summed E-state index contributed by atoms with van der Waals surface area (Å²) in [6.07, 6.45) is 12.0. The van der Waals surface area contributed by atoms with Gasteiger partial charge in [0.25, 0.3) is 0 Å². The van der Waals surface area contributed by atoms with Crippen LogP contribution in [0.3, 0.4) is 0 Å². The number of rotatable bonds is 2. The van der Waals surface area contributed by atoms with Crippen molar-refractivity contribution in [2.75, 3.05) is 25.9 Å². The predicted octanol–water partition coefficient (Wildman–Crippen LogP) is 2.98. The molecule has 1 fully saturated rings. The van der Waals surface area contributed by atoms with Gasteiger partial charge in [0.15, 0.2) is 0 Å². The van der Waals surface area contributed by atoms with Crippen LogP contribution in [0.5, 0.6) is 0 Å². The van der Waals surface area contributed by atoms with E-state index in [1.807, 2.05) is 35.0 Å². The number of nitrogens with two attached hydrogens (primary N) is 1. The summed E-state index contributed by atoms with van der Waals surface area (Å²) < 4.78 is 3.73. The summed E-state index contributed by atoms with van der Waals surface area (Å²) in [5, 5.41) is 4.16. The lowest BCUT2D eigenvalue weighted by Crippen LogP contribution is -2.10. The minimum absolute atomic E-state index is 0.253. The van der Waals surface area contributed by atoms with Crippen LogP contribution < -0.4 is 5.73 Å². The Labute approximate surface area is 157 Å². The zero-order valence-corrected chi connectivity index (χ0v) is 15.4. The predicted molar refractivity (Wildman–Crippen MR) is 108 cm³/mol. The van der Waals surface area contributed by atoms with E-state index in [1.54, 1.807) is 23.0 Å². The molecule has 7 nitrogen and oxygen atoms in total. The average Bonchev–Trinajstić information content (AvgIpc) is 3.40. The first-order valence-corrected chi connectivity index (χ1v) is 9.04. The van der Waals surface area contributed by atoms with Crippen molar-refractivity contribution in [2.45, 2.75) is 12.8 Å². The number of hydrogen-bond acceptors (Lipinski definition) is 5. The molecule has 5 heterocycles. The summed E-state index contributed by atoms with van der Waals surface area (Å²) in [6.45, 7) is 6.45. The fraction of sp³-hybridized carbons (Fsp3) is 0.250. The van der Waals surface area contributed by atoms with E-state index in [0.29, 0.717) is 0 Å². The third-order valence-electron chi connectivity index (χ3n) is 4.82. The molecule has 0 unspecified atom stereocenters. The van der Waals surface area contributed by atoms with E-state index in [1.165, 1.54) is 25.9 Å². The van der Waals surface area contributed by atoms with Crippen LogP contribution in [0.15, 0.2) is 49.6 Å². The molecule has 2 N–H and O–H groups in total. The molecule has 4 aromatic rings. The van der Waals surface area contributed by atoms with E-state index in [4.69, 9.17) is 5.73 Å². The van der Waals surface area contributed by atoms with Gasteiger partial charge in [-0.05, 0) is 57.3 Å². The molecule has 1 saturated heterocycles. The molecule has 0 atom stereocenters. The maximum atomic E-state index is 5.60. The third-order valence-corrected chi connectivity index (χ3v) is 4.82. The molecule has 0 radical (unpaired) electrons. The molecular formula is C20H23N7. The molecule has 1 aliphatic heterocycles. The Balaban J connectivity index is 0.000000257. The minimum atomic E-state index is 0.253. The lowest BCUT2D eigenvalue weighted by Gasteiger charge is -2.03. The van der Waals surface area contributed by atoms with Crippen LogP contribution in [0, 0.1) is 0 Å². The van der Waals surface area contributed by atoms with Gasteiger partial charge in [-0.3, -0.25) is 4.40 Å². The van der Waals surface area contributed by atoms with E-state index >= 15 is 0 Å². The molecule has 4 aromatic heterocycles. The Hall–Kier alpha value is -3.19. The smallest absolute Gasteiger partial charge is 0.238 e. The number of likely N-dealkylation sites (tertiary alicyclic amines) is 1. The standard InChI is InChI=1S/C15H12N6.C5H11N/c1-2-11-7-17-14-4-3-10(9-20(11)14)12-5-6-21-13(12)8-18-15(16)19-21;1-6-4-2-3-5-6/h2-9H,1H2,(H2,16,19);2-5H2,1H3. The number of nitrogens with zero attached hydrogens (tertiary/aromatic N) is 6. The van der Waals surface area contributed by atoms with Crippen molar-refractivity contribution in [3.63, 3.8) is 0 Å². The van der Waals surface area contributed by atoms with Gasteiger partial charge in [-0.1, -0.05) is 6.58 Å². The summed E-state index contributed by atoms with van der Waals surface area (Å²) in [7, 11) is 2.17. The van der Waals surface area contributed by atoms with Crippen LogP contribution in [-0.4, -0.2) is 49.0 Å². The van der Waals surface area contributed by atoms with Crippen LogP contribution in [-0.2, 0) is 0 Å². The number of imidazole rings is 1. The molecular weight excluding hydrogens is 338 g/mol. The van der Waals surface area contributed by atoms with Gasteiger partial charge in [-0.25, -0.2) is 14.5 Å². The van der Waals surface area contributed by atoms with Crippen molar-refractivity contribution < 1.29 is 0 Å². The Kier molecular flexibility index (Phi) is 4.60. The van der Waals surface area contributed by atoms with Gasteiger partial charge < -0.3 is 10.6 Å². The summed E-state index contributed by atoms with van der Waals surface area (Å²) in [4.78, 5) is 10.8. The molecule has 138 valence electrons.